The second-order valence-corrected chi connectivity index (χ2v) is 6.29. The van der Waals surface area contributed by atoms with Gasteiger partial charge in [-0.1, -0.05) is 23.2 Å². The van der Waals surface area contributed by atoms with E-state index in [9.17, 15) is 8.42 Å². The Labute approximate surface area is 110 Å². The maximum Gasteiger partial charge on any atom is 0.243 e. The molecular formula is C10H10Cl2N2O2S. The minimum atomic E-state index is -3.72. The molecule has 0 aliphatic carbocycles. The van der Waals surface area contributed by atoms with Crippen molar-refractivity contribution in [2.75, 3.05) is 13.6 Å². The third-order valence-corrected chi connectivity index (χ3v) is 4.82. The van der Waals surface area contributed by atoms with Gasteiger partial charge in [0, 0.05) is 17.1 Å². The van der Waals surface area contributed by atoms with Gasteiger partial charge in [0.25, 0.3) is 0 Å². The van der Waals surface area contributed by atoms with Gasteiger partial charge in [-0.2, -0.15) is 9.57 Å². The smallest absolute Gasteiger partial charge is 0.207 e. The Morgan fingerprint density at radius 3 is 2.24 bits per heavy atom. The molecule has 0 saturated heterocycles. The van der Waals surface area contributed by atoms with Crippen molar-refractivity contribution < 1.29 is 8.42 Å². The first-order valence-electron chi connectivity index (χ1n) is 4.59. The predicted molar refractivity (Wildman–Crippen MR) is 66.6 cm³/mol. The Hall–Kier alpha value is -0.800. The molecule has 0 amide bonds. The van der Waals surface area contributed by atoms with E-state index in [-0.39, 0.29) is 21.5 Å². The van der Waals surface area contributed by atoms with E-state index in [1.165, 1.54) is 19.2 Å². The van der Waals surface area contributed by atoms with Crippen molar-refractivity contribution >= 4 is 33.2 Å². The monoisotopic (exact) mass is 292 g/mol. The zero-order valence-electron chi connectivity index (χ0n) is 9.24. The van der Waals surface area contributed by atoms with Gasteiger partial charge in [-0.3, -0.25) is 0 Å². The van der Waals surface area contributed by atoms with Crippen molar-refractivity contribution in [3.63, 3.8) is 0 Å². The molecule has 0 atom stereocenters. The van der Waals surface area contributed by atoms with E-state index in [0.29, 0.717) is 5.56 Å². The standard InChI is InChI=1S/C10H10Cl2N2O2S/c1-7-9(11)5-8(6-10(7)12)17(15,16)14(2)4-3-13/h5-6H,4H2,1-2H3. The highest BCUT2D eigenvalue weighted by atomic mass is 35.5. The highest BCUT2D eigenvalue weighted by Gasteiger charge is 2.22. The normalized spacial score (nSPS) is 11.5. The molecule has 0 N–H and O–H groups in total. The van der Waals surface area contributed by atoms with Crippen LogP contribution in [-0.2, 0) is 10.0 Å². The number of sulfonamides is 1. The highest BCUT2D eigenvalue weighted by Crippen LogP contribution is 2.28. The summed E-state index contributed by atoms with van der Waals surface area (Å²) >= 11 is 11.7. The summed E-state index contributed by atoms with van der Waals surface area (Å²) in [4.78, 5) is -0.0177. The Morgan fingerprint density at radius 1 is 1.35 bits per heavy atom. The first-order chi connectivity index (χ1) is 7.80. The molecule has 7 heteroatoms. The summed E-state index contributed by atoms with van der Waals surface area (Å²) in [5.74, 6) is 0. The van der Waals surface area contributed by atoms with E-state index in [1.807, 2.05) is 0 Å². The lowest BCUT2D eigenvalue weighted by Gasteiger charge is -2.14. The Bertz CT molecular complexity index is 555. The van der Waals surface area contributed by atoms with Gasteiger partial charge in [0.2, 0.25) is 10.0 Å². The average Bonchev–Trinajstić information content (AvgIpc) is 2.25. The molecule has 1 aromatic rings. The van der Waals surface area contributed by atoms with Crippen LogP contribution >= 0.6 is 23.2 Å². The Morgan fingerprint density at radius 2 is 1.82 bits per heavy atom. The molecule has 0 saturated carbocycles. The predicted octanol–water partition coefficient (Wildman–Crippen LogP) is 2.45. The molecular weight excluding hydrogens is 283 g/mol. The number of benzene rings is 1. The van der Waals surface area contributed by atoms with Crippen molar-refractivity contribution in [2.24, 2.45) is 0 Å². The maximum atomic E-state index is 12.0. The van der Waals surface area contributed by atoms with Crippen LogP contribution in [0.15, 0.2) is 17.0 Å². The number of halogens is 2. The SMILES string of the molecule is Cc1c(Cl)cc(S(=O)(=O)N(C)CC#N)cc1Cl. The molecule has 0 unspecified atom stereocenters. The number of hydrogen-bond donors (Lipinski definition) is 0. The van der Waals surface area contributed by atoms with Gasteiger partial charge in [-0.05, 0) is 24.6 Å². The van der Waals surface area contributed by atoms with Crippen LogP contribution in [0.4, 0.5) is 0 Å². The summed E-state index contributed by atoms with van der Waals surface area (Å²) in [6.45, 7) is 1.46. The van der Waals surface area contributed by atoms with Gasteiger partial charge < -0.3 is 0 Å². The molecule has 4 nitrogen and oxygen atoms in total. The molecule has 92 valence electrons. The van der Waals surface area contributed by atoms with Crippen molar-refractivity contribution in [1.29, 1.82) is 5.26 Å². The molecule has 0 bridgehead atoms. The molecule has 0 heterocycles. The molecule has 1 rings (SSSR count). The van der Waals surface area contributed by atoms with E-state index in [1.54, 1.807) is 13.0 Å². The van der Waals surface area contributed by atoms with E-state index in [2.05, 4.69) is 0 Å². The molecule has 17 heavy (non-hydrogen) atoms. The third-order valence-electron chi connectivity index (χ3n) is 2.26. The lowest BCUT2D eigenvalue weighted by molar-refractivity contribution is 0.501. The zero-order chi connectivity index (χ0) is 13.2. The van der Waals surface area contributed by atoms with E-state index in [4.69, 9.17) is 28.5 Å². The molecule has 0 spiro atoms. The van der Waals surface area contributed by atoms with Crippen LogP contribution < -0.4 is 0 Å². The van der Waals surface area contributed by atoms with E-state index >= 15 is 0 Å². The van der Waals surface area contributed by atoms with Gasteiger partial charge in [-0.25, -0.2) is 8.42 Å². The van der Waals surface area contributed by atoms with Crippen molar-refractivity contribution in [2.45, 2.75) is 11.8 Å². The third kappa shape index (κ3) is 2.90. The van der Waals surface area contributed by atoms with Gasteiger partial charge in [-0.15, -0.1) is 0 Å². The van der Waals surface area contributed by atoms with Crippen molar-refractivity contribution in [3.05, 3.63) is 27.7 Å². The highest BCUT2D eigenvalue weighted by molar-refractivity contribution is 7.89. The minimum absolute atomic E-state index is 0.0177. The van der Waals surface area contributed by atoms with Crippen molar-refractivity contribution in [1.82, 2.24) is 4.31 Å². The number of nitrogens with zero attached hydrogens (tertiary/aromatic N) is 2. The van der Waals surface area contributed by atoms with E-state index < -0.39 is 10.0 Å². The Kier molecular flexibility index (Phi) is 4.39. The summed E-state index contributed by atoms with van der Waals surface area (Å²) in [5, 5.41) is 9.05. The van der Waals surface area contributed by atoms with E-state index in [0.717, 1.165) is 4.31 Å². The van der Waals surface area contributed by atoms with Crippen LogP contribution in [0.1, 0.15) is 5.56 Å². The molecule has 0 fully saturated rings. The number of hydrogen-bond acceptors (Lipinski definition) is 3. The zero-order valence-corrected chi connectivity index (χ0v) is 11.6. The van der Waals surface area contributed by atoms with Gasteiger partial charge in [0.05, 0.1) is 11.0 Å². The van der Waals surface area contributed by atoms with Crippen LogP contribution in [0, 0.1) is 18.3 Å². The van der Waals surface area contributed by atoms with Crippen LogP contribution in [0.2, 0.25) is 10.0 Å². The molecule has 0 radical (unpaired) electrons. The molecule has 0 aliphatic heterocycles. The summed E-state index contributed by atoms with van der Waals surface area (Å²) < 4.78 is 24.9. The summed E-state index contributed by atoms with van der Waals surface area (Å²) in [7, 11) is -2.40. The molecule has 0 aliphatic rings. The number of nitriles is 1. The average molecular weight is 293 g/mol. The first-order valence-corrected chi connectivity index (χ1v) is 6.79. The summed E-state index contributed by atoms with van der Waals surface area (Å²) in [5.41, 5.74) is 0.621. The fourth-order valence-corrected chi connectivity index (χ4v) is 2.87. The second kappa shape index (κ2) is 5.23. The van der Waals surface area contributed by atoms with Gasteiger partial charge in [0.15, 0.2) is 0 Å². The lowest BCUT2D eigenvalue weighted by Crippen LogP contribution is -2.27. The summed E-state index contributed by atoms with van der Waals surface area (Å²) in [6.07, 6.45) is 0. The number of rotatable bonds is 3. The van der Waals surface area contributed by atoms with Crippen molar-refractivity contribution in [3.8, 4) is 6.07 Å². The largest absolute Gasteiger partial charge is 0.243 e. The molecule has 1 aromatic carbocycles. The Balaban J connectivity index is 3.31. The van der Waals surface area contributed by atoms with Crippen LogP contribution in [0.3, 0.4) is 0 Å². The topological polar surface area (TPSA) is 61.2 Å². The fourth-order valence-electron chi connectivity index (χ4n) is 1.14. The minimum Gasteiger partial charge on any atom is -0.207 e. The second-order valence-electron chi connectivity index (χ2n) is 3.43. The maximum absolute atomic E-state index is 12.0. The van der Waals surface area contributed by atoms with Gasteiger partial charge >= 0.3 is 0 Å². The lowest BCUT2D eigenvalue weighted by atomic mass is 10.2. The van der Waals surface area contributed by atoms with Crippen LogP contribution in [0.25, 0.3) is 0 Å². The molecule has 0 aromatic heterocycles. The fraction of sp³-hybridized carbons (Fsp3) is 0.300. The van der Waals surface area contributed by atoms with Crippen LogP contribution in [0.5, 0.6) is 0 Å². The van der Waals surface area contributed by atoms with Crippen LogP contribution in [-0.4, -0.2) is 26.3 Å². The summed E-state index contributed by atoms with van der Waals surface area (Å²) in [6, 6.07) is 4.42. The van der Waals surface area contributed by atoms with Gasteiger partial charge in [0.1, 0.15) is 6.54 Å². The first kappa shape index (κ1) is 14.3. The quantitative estimate of drug-likeness (QED) is 0.804.